The summed E-state index contributed by atoms with van der Waals surface area (Å²) in [6, 6.07) is 16.4. The van der Waals surface area contributed by atoms with Crippen LogP contribution in [0.3, 0.4) is 0 Å². The number of rotatable bonds is 19. The lowest BCUT2D eigenvalue weighted by Gasteiger charge is -2.33. The molecule has 1 aliphatic heterocycles. The summed E-state index contributed by atoms with van der Waals surface area (Å²) in [6.07, 6.45) is 3.38. The molecular formula is C38H44F3N3O9. The minimum absolute atomic E-state index is 0.0222. The Kier molecular flexibility index (Phi) is 14.3. The topological polar surface area (TPSA) is 130 Å². The van der Waals surface area contributed by atoms with Crippen LogP contribution in [-0.2, 0) is 20.8 Å². The van der Waals surface area contributed by atoms with Gasteiger partial charge in [-0.15, -0.1) is 0 Å². The molecule has 12 nitrogen and oxygen atoms in total. The average Bonchev–Trinajstić information content (AvgIpc) is 4.01. The van der Waals surface area contributed by atoms with E-state index in [1.54, 1.807) is 31.4 Å². The normalized spacial score (nSPS) is 14.4. The molecule has 2 amide bonds. The van der Waals surface area contributed by atoms with E-state index in [9.17, 15) is 22.8 Å². The highest BCUT2D eigenvalue weighted by molar-refractivity contribution is 6.03. The first-order valence-electron chi connectivity index (χ1n) is 17.5. The highest BCUT2D eigenvalue weighted by Crippen LogP contribution is 2.34. The number of methoxy groups -OCH3 is 1. The van der Waals surface area contributed by atoms with Crippen LogP contribution in [0.25, 0.3) is 5.57 Å². The van der Waals surface area contributed by atoms with Crippen molar-refractivity contribution in [2.24, 2.45) is 0 Å². The fraction of sp³-hybridized carbons (Fsp3) is 0.421. The maximum Gasteiger partial charge on any atom is 0.410 e. The van der Waals surface area contributed by atoms with Gasteiger partial charge in [-0.05, 0) is 98.0 Å². The second-order valence-corrected chi connectivity index (χ2v) is 12.6. The standard InChI is InChI=1S/C38H44F3N3O9/c1-49-29-12-14-30(15-13-29)50-24-20-43(28-10-11-28)37(45)32-25-42(38(46)52-21-2-3-23-53-44(47)48)19-18-31(32)27-8-6-26(7-9-27)5-4-22-51-36-34(40)17-16-33(39)35(36)41/h6-9,12-17,28,47-48H,2-5,10-11,18-25H2,1H3. The molecule has 1 aliphatic carbocycles. The quantitative estimate of drug-likeness (QED) is 0.0789. The van der Waals surface area contributed by atoms with Gasteiger partial charge in [-0.2, -0.15) is 4.39 Å². The van der Waals surface area contributed by atoms with Crippen LogP contribution in [0.15, 0.2) is 66.2 Å². The van der Waals surface area contributed by atoms with Crippen molar-refractivity contribution in [3.05, 3.63) is 94.8 Å². The number of carbonyl (C=O) groups is 2. The van der Waals surface area contributed by atoms with Crippen molar-refractivity contribution in [1.29, 1.82) is 0 Å². The third-order valence-corrected chi connectivity index (χ3v) is 8.90. The highest BCUT2D eigenvalue weighted by atomic mass is 19.2. The van der Waals surface area contributed by atoms with E-state index < -0.39 is 29.3 Å². The zero-order valence-corrected chi connectivity index (χ0v) is 29.5. The molecule has 0 saturated heterocycles. The zero-order chi connectivity index (χ0) is 37.7. The molecule has 3 aromatic carbocycles. The lowest BCUT2D eigenvalue weighted by atomic mass is 9.91. The van der Waals surface area contributed by atoms with E-state index in [1.807, 2.05) is 29.2 Å². The molecule has 3 aromatic rings. The number of nitrogens with zero attached hydrogens (tertiary/aromatic N) is 3. The van der Waals surface area contributed by atoms with Crippen molar-refractivity contribution < 1.29 is 57.0 Å². The first kappa shape index (κ1) is 39.4. The second kappa shape index (κ2) is 19.3. The zero-order valence-electron chi connectivity index (χ0n) is 29.5. The van der Waals surface area contributed by atoms with Crippen molar-refractivity contribution in [3.8, 4) is 17.2 Å². The summed E-state index contributed by atoms with van der Waals surface area (Å²) in [5.41, 5.74) is 3.07. The van der Waals surface area contributed by atoms with Gasteiger partial charge in [0.25, 0.3) is 5.91 Å². The number of halogens is 3. The van der Waals surface area contributed by atoms with Crippen LogP contribution in [0.2, 0.25) is 0 Å². The molecule has 0 radical (unpaired) electrons. The number of benzene rings is 3. The Hall–Kier alpha value is -4.83. The Morgan fingerprint density at radius 3 is 2.23 bits per heavy atom. The van der Waals surface area contributed by atoms with Crippen molar-refractivity contribution in [2.75, 3.05) is 53.2 Å². The van der Waals surface area contributed by atoms with E-state index in [2.05, 4.69) is 4.84 Å². The Morgan fingerprint density at radius 2 is 1.53 bits per heavy atom. The number of amides is 2. The van der Waals surface area contributed by atoms with Crippen LogP contribution in [0, 0.1) is 17.5 Å². The minimum atomic E-state index is -1.36. The van der Waals surface area contributed by atoms with E-state index in [1.165, 1.54) is 4.90 Å². The molecule has 15 heteroatoms. The first-order valence-corrected chi connectivity index (χ1v) is 17.5. The number of hydrogen-bond acceptors (Lipinski definition) is 10. The van der Waals surface area contributed by atoms with Crippen molar-refractivity contribution >= 4 is 17.6 Å². The second-order valence-electron chi connectivity index (χ2n) is 12.6. The van der Waals surface area contributed by atoms with Gasteiger partial charge in [-0.1, -0.05) is 24.3 Å². The molecule has 5 rings (SSSR count). The van der Waals surface area contributed by atoms with E-state index in [0.717, 1.165) is 35.6 Å². The van der Waals surface area contributed by atoms with Crippen LogP contribution in [-0.4, -0.2) is 96.8 Å². The van der Waals surface area contributed by atoms with Gasteiger partial charge < -0.3 is 28.7 Å². The average molecular weight is 744 g/mol. The number of ether oxygens (including phenoxy) is 4. The molecule has 0 bridgehead atoms. The molecule has 0 aromatic heterocycles. The van der Waals surface area contributed by atoms with Crippen LogP contribution in [0.4, 0.5) is 18.0 Å². The lowest BCUT2D eigenvalue weighted by Crippen LogP contribution is -2.44. The van der Waals surface area contributed by atoms with Gasteiger partial charge >= 0.3 is 6.09 Å². The molecule has 286 valence electrons. The monoisotopic (exact) mass is 743 g/mol. The third-order valence-electron chi connectivity index (χ3n) is 8.90. The largest absolute Gasteiger partial charge is 0.497 e. The lowest BCUT2D eigenvalue weighted by molar-refractivity contribution is -0.492. The van der Waals surface area contributed by atoms with Crippen molar-refractivity contribution in [1.82, 2.24) is 15.2 Å². The molecule has 1 heterocycles. The van der Waals surface area contributed by atoms with Gasteiger partial charge in [0.15, 0.2) is 17.4 Å². The molecule has 2 aliphatic rings. The van der Waals surface area contributed by atoms with Gasteiger partial charge in [0, 0.05) is 18.2 Å². The fourth-order valence-electron chi connectivity index (χ4n) is 5.94. The Balaban J connectivity index is 1.26. The number of carbonyl (C=O) groups excluding carboxylic acids is 2. The SMILES string of the molecule is COc1ccc(OCCN(C(=O)C2=C(c3ccc(CCCOc4c(F)ccc(F)c4F)cc3)CCN(C(=O)OCCCCON(O)O)C2)C2CC2)cc1. The molecule has 1 saturated carbocycles. The molecule has 0 spiro atoms. The number of aryl methyl sites for hydroxylation is 1. The molecule has 0 unspecified atom stereocenters. The Labute approximate surface area is 305 Å². The van der Waals surface area contributed by atoms with Crippen LogP contribution in [0.1, 0.15) is 49.7 Å². The van der Waals surface area contributed by atoms with E-state index in [0.29, 0.717) is 68.3 Å². The van der Waals surface area contributed by atoms with Gasteiger partial charge in [0.2, 0.25) is 5.82 Å². The molecule has 0 atom stereocenters. The number of hydrogen-bond donors (Lipinski definition) is 2. The summed E-state index contributed by atoms with van der Waals surface area (Å²) in [7, 11) is 1.59. The molecule has 1 fully saturated rings. The summed E-state index contributed by atoms with van der Waals surface area (Å²) in [5, 5.41) is 16.9. The van der Waals surface area contributed by atoms with Crippen molar-refractivity contribution in [3.63, 3.8) is 0 Å². The Morgan fingerprint density at radius 1 is 0.830 bits per heavy atom. The predicted molar refractivity (Wildman–Crippen MR) is 185 cm³/mol. The van der Waals surface area contributed by atoms with Crippen LogP contribution in [0.5, 0.6) is 17.2 Å². The van der Waals surface area contributed by atoms with Gasteiger partial charge in [0.1, 0.15) is 18.1 Å². The Bertz CT molecular complexity index is 1700. The van der Waals surface area contributed by atoms with E-state index in [-0.39, 0.29) is 50.3 Å². The van der Waals surface area contributed by atoms with Gasteiger partial charge in [0.05, 0.1) is 45.4 Å². The first-order chi connectivity index (χ1) is 25.6. The maximum atomic E-state index is 14.3. The van der Waals surface area contributed by atoms with Gasteiger partial charge in [-0.25, -0.2) is 13.6 Å². The fourth-order valence-corrected chi connectivity index (χ4v) is 5.94. The van der Waals surface area contributed by atoms with Crippen molar-refractivity contribution in [2.45, 2.75) is 51.0 Å². The highest BCUT2D eigenvalue weighted by Gasteiger charge is 2.37. The minimum Gasteiger partial charge on any atom is -0.497 e. The summed E-state index contributed by atoms with van der Waals surface area (Å²) in [6.45, 7) is 1.09. The van der Waals surface area contributed by atoms with E-state index >= 15 is 0 Å². The molecule has 2 N–H and O–H groups in total. The summed E-state index contributed by atoms with van der Waals surface area (Å²) < 4.78 is 63.2. The van der Waals surface area contributed by atoms with E-state index in [4.69, 9.17) is 29.4 Å². The predicted octanol–water partition coefficient (Wildman–Crippen LogP) is 6.58. The summed E-state index contributed by atoms with van der Waals surface area (Å²) >= 11 is 0. The van der Waals surface area contributed by atoms with Crippen LogP contribution >= 0.6 is 0 Å². The smallest absolute Gasteiger partial charge is 0.410 e. The summed E-state index contributed by atoms with van der Waals surface area (Å²) in [4.78, 5) is 35.3. The third kappa shape index (κ3) is 11.3. The summed E-state index contributed by atoms with van der Waals surface area (Å²) in [5.74, 6) is -3.07. The number of unbranched alkanes of at least 4 members (excludes halogenated alkanes) is 1. The molecule has 53 heavy (non-hydrogen) atoms. The van der Waals surface area contributed by atoms with Gasteiger partial charge in [-0.3, -0.25) is 20.0 Å². The maximum absolute atomic E-state index is 14.3. The van der Waals surface area contributed by atoms with Crippen LogP contribution < -0.4 is 14.2 Å². The molecular weight excluding hydrogens is 699 g/mol.